The van der Waals surface area contributed by atoms with Crippen molar-refractivity contribution in [3.8, 4) is 0 Å². The van der Waals surface area contributed by atoms with E-state index in [-0.39, 0.29) is 23.1 Å². The van der Waals surface area contributed by atoms with Gasteiger partial charge >= 0.3 is 0 Å². The van der Waals surface area contributed by atoms with Crippen LogP contribution in [0, 0.1) is 6.92 Å². The highest BCUT2D eigenvalue weighted by Crippen LogP contribution is 2.17. The molecule has 0 bridgehead atoms. The molecule has 25 heavy (non-hydrogen) atoms. The van der Waals surface area contributed by atoms with Crippen molar-refractivity contribution in [2.45, 2.75) is 18.7 Å². The third-order valence-corrected chi connectivity index (χ3v) is 5.30. The molecule has 0 atom stereocenters. The third kappa shape index (κ3) is 5.15. The van der Waals surface area contributed by atoms with Crippen molar-refractivity contribution in [2.24, 2.45) is 0 Å². The molecule has 2 N–H and O–H groups in total. The van der Waals surface area contributed by atoms with Gasteiger partial charge in [0.1, 0.15) is 0 Å². The first-order valence-electron chi connectivity index (χ1n) is 7.74. The molecule has 0 aliphatic rings. The molecule has 2 rings (SSSR count). The van der Waals surface area contributed by atoms with Gasteiger partial charge in [-0.25, -0.2) is 8.42 Å². The van der Waals surface area contributed by atoms with E-state index in [9.17, 15) is 18.0 Å². The second-order valence-electron chi connectivity index (χ2n) is 5.60. The Morgan fingerprint density at radius 1 is 1.04 bits per heavy atom. The summed E-state index contributed by atoms with van der Waals surface area (Å²) in [5.74, 6) is -0.808. The lowest BCUT2D eigenvalue weighted by atomic mass is 10.1. The lowest BCUT2D eigenvalue weighted by Crippen LogP contribution is -2.29. The van der Waals surface area contributed by atoms with E-state index in [1.54, 1.807) is 36.4 Å². The topological polar surface area (TPSA) is 92.3 Å². The van der Waals surface area contributed by atoms with Crippen LogP contribution in [-0.4, -0.2) is 32.5 Å². The van der Waals surface area contributed by atoms with Gasteiger partial charge in [0.2, 0.25) is 5.91 Å². The maximum atomic E-state index is 12.2. The number of hydrogen-bond donors (Lipinski definition) is 2. The quantitative estimate of drug-likeness (QED) is 0.826. The maximum Gasteiger partial charge on any atom is 0.251 e. The molecule has 0 spiro atoms. The number of carbonyl (C=O) groups excluding carboxylic acids is 2. The Morgan fingerprint density at radius 3 is 2.36 bits per heavy atom. The molecule has 6 nitrogen and oxygen atoms in total. The van der Waals surface area contributed by atoms with E-state index in [4.69, 9.17) is 0 Å². The van der Waals surface area contributed by atoms with Gasteiger partial charge in [0, 0.05) is 24.7 Å². The number of anilines is 1. The van der Waals surface area contributed by atoms with Crippen molar-refractivity contribution in [2.75, 3.05) is 17.6 Å². The van der Waals surface area contributed by atoms with Gasteiger partial charge in [-0.15, -0.1) is 0 Å². The highest BCUT2D eigenvalue weighted by molar-refractivity contribution is 7.91. The van der Waals surface area contributed by atoms with E-state index < -0.39 is 15.7 Å². The first-order valence-corrected chi connectivity index (χ1v) is 9.39. The smallest absolute Gasteiger partial charge is 0.251 e. The molecular formula is C18H20N2O4S. The molecule has 0 radical (unpaired) electrons. The van der Waals surface area contributed by atoms with Gasteiger partial charge in [-0.3, -0.25) is 9.59 Å². The summed E-state index contributed by atoms with van der Waals surface area (Å²) in [6.07, 6.45) is 0. The Labute approximate surface area is 147 Å². The van der Waals surface area contributed by atoms with E-state index >= 15 is 0 Å². The van der Waals surface area contributed by atoms with Gasteiger partial charge < -0.3 is 10.6 Å². The molecule has 0 aromatic heterocycles. The van der Waals surface area contributed by atoms with Gasteiger partial charge in [0.05, 0.1) is 10.6 Å². The zero-order chi connectivity index (χ0) is 18.4. The number of amides is 2. The van der Waals surface area contributed by atoms with Crippen molar-refractivity contribution in [1.29, 1.82) is 0 Å². The Balaban J connectivity index is 2.00. The molecule has 2 amide bonds. The van der Waals surface area contributed by atoms with Crippen molar-refractivity contribution in [1.82, 2.24) is 5.32 Å². The van der Waals surface area contributed by atoms with Crippen LogP contribution in [0.1, 0.15) is 22.8 Å². The highest BCUT2D eigenvalue weighted by Gasteiger charge is 2.15. The molecule has 2 aromatic carbocycles. The molecule has 0 saturated carbocycles. The van der Waals surface area contributed by atoms with E-state index in [2.05, 4.69) is 10.6 Å². The summed E-state index contributed by atoms with van der Waals surface area (Å²) < 4.78 is 24.3. The first-order chi connectivity index (χ1) is 11.8. The van der Waals surface area contributed by atoms with Crippen LogP contribution < -0.4 is 10.6 Å². The van der Waals surface area contributed by atoms with Crippen molar-refractivity contribution < 1.29 is 18.0 Å². The molecule has 0 aliphatic heterocycles. The minimum atomic E-state index is -3.44. The average molecular weight is 360 g/mol. The molecule has 0 heterocycles. The Bertz CT molecular complexity index is 877. The van der Waals surface area contributed by atoms with Crippen LogP contribution in [0.15, 0.2) is 53.4 Å². The van der Waals surface area contributed by atoms with Crippen LogP contribution >= 0.6 is 0 Å². The summed E-state index contributed by atoms with van der Waals surface area (Å²) in [4.78, 5) is 23.6. The number of sulfone groups is 1. The van der Waals surface area contributed by atoms with E-state index in [1.165, 1.54) is 19.1 Å². The number of rotatable bonds is 6. The Hall–Kier alpha value is -2.67. The lowest BCUT2D eigenvalue weighted by Gasteiger charge is -2.10. The summed E-state index contributed by atoms with van der Waals surface area (Å²) in [5, 5.41) is 5.25. The molecule has 0 unspecified atom stereocenters. The molecule has 2 aromatic rings. The summed E-state index contributed by atoms with van der Waals surface area (Å²) in [7, 11) is -3.44. The summed E-state index contributed by atoms with van der Waals surface area (Å²) in [6, 6.07) is 13.0. The lowest BCUT2D eigenvalue weighted by molar-refractivity contribution is -0.114. The normalized spacial score (nSPS) is 11.0. The summed E-state index contributed by atoms with van der Waals surface area (Å²) in [5.41, 5.74) is 1.74. The molecule has 0 aliphatic carbocycles. The predicted molar refractivity (Wildman–Crippen MR) is 96.3 cm³/mol. The molecule has 0 saturated heterocycles. The van der Waals surface area contributed by atoms with Crippen LogP contribution in [0.2, 0.25) is 0 Å². The largest absolute Gasteiger partial charge is 0.351 e. The minimum absolute atomic E-state index is 0.000588. The van der Waals surface area contributed by atoms with E-state index in [0.717, 1.165) is 5.56 Å². The number of benzene rings is 2. The first kappa shape index (κ1) is 18.7. The second kappa shape index (κ2) is 7.94. The number of aryl methyl sites for hydroxylation is 1. The minimum Gasteiger partial charge on any atom is -0.351 e. The number of carbonyl (C=O) groups is 2. The Morgan fingerprint density at radius 2 is 1.72 bits per heavy atom. The van der Waals surface area contributed by atoms with Crippen LogP contribution in [0.25, 0.3) is 0 Å². The average Bonchev–Trinajstić information content (AvgIpc) is 2.57. The summed E-state index contributed by atoms with van der Waals surface area (Å²) in [6.45, 7) is 3.21. The summed E-state index contributed by atoms with van der Waals surface area (Å²) >= 11 is 0. The molecular weight excluding hydrogens is 340 g/mol. The molecule has 132 valence electrons. The van der Waals surface area contributed by atoms with Gasteiger partial charge in [-0.1, -0.05) is 24.3 Å². The highest BCUT2D eigenvalue weighted by atomic mass is 32.2. The van der Waals surface area contributed by atoms with Crippen LogP contribution in [0.3, 0.4) is 0 Å². The zero-order valence-electron chi connectivity index (χ0n) is 14.1. The molecule has 0 fully saturated rings. The standard InChI is InChI=1S/C18H20N2O4S/c1-13-8-9-15(12-17(13)20-14(2)21)18(22)19-10-11-25(23,24)16-6-4-3-5-7-16/h3-9,12H,10-11H2,1-2H3,(H,19,22)(H,20,21). The van der Waals surface area contributed by atoms with Gasteiger partial charge in [0.25, 0.3) is 5.91 Å². The van der Waals surface area contributed by atoms with E-state index in [0.29, 0.717) is 11.3 Å². The molecule has 7 heteroatoms. The van der Waals surface area contributed by atoms with Crippen LogP contribution in [0.5, 0.6) is 0 Å². The van der Waals surface area contributed by atoms with Gasteiger partial charge in [-0.05, 0) is 36.8 Å². The second-order valence-corrected chi connectivity index (χ2v) is 7.71. The maximum absolute atomic E-state index is 12.2. The zero-order valence-corrected chi connectivity index (χ0v) is 14.9. The van der Waals surface area contributed by atoms with Crippen molar-refractivity contribution >= 4 is 27.3 Å². The fourth-order valence-electron chi connectivity index (χ4n) is 2.23. The Kier molecular flexibility index (Phi) is 5.93. The van der Waals surface area contributed by atoms with Gasteiger partial charge in [-0.2, -0.15) is 0 Å². The predicted octanol–water partition coefficient (Wildman–Crippen LogP) is 2.16. The van der Waals surface area contributed by atoms with Crippen molar-refractivity contribution in [3.05, 3.63) is 59.7 Å². The van der Waals surface area contributed by atoms with Crippen molar-refractivity contribution in [3.63, 3.8) is 0 Å². The number of nitrogens with one attached hydrogen (secondary N) is 2. The van der Waals surface area contributed by atoms with Gasteiger partial charge in [0.15, 0.2) is 9.84 Å². The third-order valence-electron chi connectivity index (χ3n) is 3.57. The van der Waals surface area contributed by atoms with Crippen LogP contribution in [0.4, 0.5) is 5.69 Å². The number of hydrogen-bond acceptors (Lipinski definition) is 4. The van der Waals surface area contributed by atoms with E-state index in [1.807, 2.05) is 6.92 Å². The fraction of sp³-hybridized carbons (Fsp3) is 0.222. The SMILES string of the molecule is CC(=O)Nc1cc(C(=O)NCCS(=O)(=O)c2ccccc2)ccc1C. The fourth-order valence-corrected chi connectivity index (χ4v) is 3.41. The monoisotopic (exact) mass is 360 g/mol. The van der Waals surface area contributed by atoms with Crippen LogP contribution in [-0.2, 0) is 14.6 Å².